The third-order valence-electron chi connectivity index (χ3n) is 3.56. The molecule has 6 heteroatoms. The number of hydrogen-bond acceptors (Lipinski definition) is 4. The molecule has 2 aromatic carbocycles. The maximum Gasteiger partial charge on any atom is 0.291 e. The van der Waals surface area contributed by atoms with Gasteiger partial charge in [0.2, 0.25) is 5.82 Å². The summed E-state index contributed by atoms with van der Waals surface area (Å²) in [6, 6.07) is 17.1. The Balaban J connectivity index is 2.11. The molecule has 0 aliphatic heterocycles. The van der Waals surface area contributed by atoms with E-state index in [1.165, 1.54) is 0 Å². The number of rotatable bonds is 5. The molecule has 1 aromatic heterocycles. The summed E-state index contributed by atoms with van der Waals surface area (Å²) in [5.41, 5.74) is 1.65. The molecule has 6 nitrogen and oxygen atoms in total. The molecule has 25 heavy (non-hydrogen) atoms. The molecule has 1 N–H and O–H groups in total. The summed E-state index contributed by atoms with van der Waals surface area (Å²) >= 11 is 0. The predicted octanol–water partition coefficient (Wildman–Crippen LogP) is 3.08. The summed E-state index contributed by atoms with van der Waals surface area (Å²) < 4.78 is 6.96. The van der Waals surface area contributed by atoms with E-state index in [1.54, 1.807) is 11.8 Å². The van der Waals surface area contributed by atoms with Crippen LogP contribution in [0.2, 0.25) is 0 Å². The molecule has 0 aliphatic carbocycles. The summed E-state index contributed by atoms with van der Waals surface area (Å²) in [6.45, 7) is 3.80. The van der Waals surface area contributed by atoms with E-state index < -0.39 is 0 Å². The van der Waals surface area contributed by atoms with Gasteiger partial charge in [-0.3, -0.25) is 4.79 Å². The van der Waals surface area contributed by atoms with Crippen LogP contribution in [0.15, 0.2) is 54.6 Å². The van der Waals surface area contributed by atoms with Crippen LogP contribution in [0.25, 0.3) is 17.1 Å². The van der Waals surface area contributed by atoms with Gasteiger partial charge in [-0.15, -0.1) is 5.10 Å². The number of hydrogen-bond donors (Lipinski definition) is 1. The second kappa shape index (κ2) is 7.17. The van der Waals surface area contributed by atoms with Gasteiger partial charge < -0.3 is 10.1 Å². The minimum absolute atomic E-state index is 0.0106. The Hall–Kier alpha value is -3.15. The van der Waals surface area contributed by atoms with Crippen molar-refractivity contribution in [3.63, 3.8) is 0 Å². The van der Waals surface area contributed by atoms with Crippen LogP contribution in [0.3, 0.4) is 0 Å². The van der Waals surface area contributed by atoms with E-state index in [0.717, 1.165) is 11.3 Å². The number of amides is 1. The molecule has 0 unspecified atom stereocenters. The van der Waals surface area contributed by atoms with E-state index >= 15 is 0 Å². The minimum atomic E-state index is -0.297. The highest BCUT2D eigenvalue weighted by Crippen LogP contribution is 2.24. The number of ether oxygens (including phenoxy) is 1. The van der Waals surface area contributed by atoms with Crippen molar-refractivity contribution in [1.82, 2.24) is 20.1 Å². The maximum absolute atomic E-state index is 12.3. The fourth-order valence-corrected chi connectivity index (χ4v) is 2.43. The van der Waals surface area contributed by atoms with Crippen molar-refractivity contribution in [2.45, 2.75) is 19.9 Å². The standard InChI is InChI=1S/C19H20N4O2/c1-13(2)20-19(24)17-21-18(14-8-7-11-16(12-14)25-3)23(22-17)15-9-5-4-6-10-15/h4-13H,1-3H3,(H,20,24). The highest BCUT2D eigenvalue weighted by atomic mass is 16.5. The number of aromatic nitrogens is 3. The smallest absolute Gasteiger partial charge is 0.291 e. The fourth-order valence-electron chi connectivity index (χ4n) is 2.43. The van der Waals surface area contributed by atoms with E-state index in [9.17, 15) is 4.79 Å². The lowest BCUT2D eigenvalue weighted by Gasteiger charge is -2.07. The third kappa shape index (κ3) is 3.68. The topological polar surface area (TPSA) is 69.0 Å². The van der Waals surface area contributed by atoms with E-state index in [4.69, 9.17) is 4.74 Å². The van der Waals surface area contributed by atoms with Crippen LogP contribution < -0.4 is 10.1 Å². The average Bonchev–Trinajstić information content (AvgIpc) is 3.07. The summed E-state index contributed by atoms with van der Waals surface area (Å²) in [6.07, 6.45) is 0. The monoisotopic (exact) mass is 336 g/mol. The summed E-state index contributed by atoms with van der Waals surface area (Å²) in [4.78, 5) is 16.8. The van der Waals surface area contributed by atoms with E-state index in [1.807, 2.05) is 68.4 Å². The average molecular weight is 336 g/mol. The second-order valence-corrected chi connectivity index (χ2v) is 5.87. The molecule has 1 heterocycles. The molecule has 0 saturated carbocycles. The zero-order chi connectivity index (χ0) is 17.8. The normalized spacial score (nSPS) is 10.7. The van der Waals surface area contributed by atoms with Crippen LogP contribution in [0, 0.1) is 0 Å². The number of carbonyl (C=O) groups excluding carboxylic acids is 1. The largest absolute Gasteiger partial charge is 0.497 e. The van der Waals surface area contributed by atoms with Crippen molar-refractivity contribution in [2.24, 2.45) is 0 Å². The highest BCUT2D eigenvalue weighted by molar-refractivity contribution is 5.91. The van der Waals surface area contributed by atoms with Crippen molar-refractivity contribution in [1.29, 1.82) is 0 Å². The van der Waals surface area contributed by atoms with Crippen molar-refractivity contribution >= 4 is 5.91 Å². The molecule has 3 aromatic rings. The first-order chi connectivity index (χ1) is 12.1. The number of nitrogens with one attached hydrogen (secondary N) is 1. The molecule has 128 valence electrons. The number of carbonyl (C=O) groups is 1. The molecule has 0 spiro atoms. The predicted molar refractivity (Wildman–Crippen MR) is 95.9 cm³/mol. The maximum atomic E-state index is 12.3. The minimum Gasteiger partial charge on any atom is -0.497 e. The second-order valence-electron chi connectivity index (χ2n) is 5.87. The number of methoxy groups -OCH3 is 1. The van der Waals surface area contributed by atoms with Gasteiger partial charge in [0.15, 0.2) is 5.82 Å². The third-order valence-corrected chi connectivity index (χ3v) is 3.56. The molecule has 0 aliphatic rings. The molecule has 1 amide bonds. The Morgan fingerprint density at radius 1 is 1.12 bits per heavy atom. The molecular formula is C19H20N4O2. The highest BCUT2D eigenvalue weighted by Gasteiger charge is 2.19. The first-order valence-electron chi connectivity index (χ1n) is 8.06. The number of benzene rings is 2. The zero-order valence-electron chi connectivity index (χ0n) is 14.4. The number of nitrogens with zero attached hydrogens (tertiary/aromatic N) is 3. The Bertz CT molecular complexity index is 872. The SMILES string of the molecule is COc1cccc(-c2nc(C(=O)NC(C)C)nn2-c2ccccc2)c1. The van der Waals surface area contributed by atoms with Gasteiger partial charge in [0, 0.05) is 11.6 Å². The zero-order valence-corrected chi connectivity index (χ0v) is 14.4. The molecule has 0 atom stereocenters. The Kier molecular flexibility index (Phi) is 4.79. The van der Waals surface area contributed by atoms with Crippen molar-refractivity contribution in [3.05, 3.63) is 60.4 Å². The van der Waals surface area contributed by atoms with Crippen LogP contribution in [-0.4, -0.2) is 33.8 Å². The molecular weight excluding hydrogens is 316 g/mol. The van der Waals surface area contributed by atoms with Gasteiger partial charge in [-0.05, 0) is 38.1 Å². The van der Waals surface area contributed by atoms with Gasteiger partial charge in [0.1, 0.15) is 5.75 Å². The van der Waals surface area contributed by atoms with Gasteiger partial charge in [0.25, 0.3) is 5.91 Å². The van der Waals surface area contributed by atoms with E-state index in [-0.39, 0.29) is 17.8 Å². The van der Waals surface area contributed by atoms with Crippen molar-refractivity contribution in [2.75, 3.05) is 7.11 Å². The molecule has 0 radical (unpaired) electrons. The van der Waals surface area contributed by atoms with Gasteiger partial charge in [0.05, 0.1) is 12.8 Å². The molecule has 0 fully saturated rings. The van der Waals surface area contributed by atoms with Crippen molar-refractivity contribution < 1.29 is 9.53 Å². The lowest BCUT2D eigenvalue weighted by atomic mass is 10.2. The molecule has 0 bridgehead atoms. The van der Waals surface area contributed by atoms with Crippen LogP contribution in [0.4, 0.5) is 0 Å². The summed E-state index contributed by atoms with van der Waals surface area (Å²) in [5, 5.41) is 7.24. The van der Waals surface area contributed by atoms with E-state index in [0.29, 0.717) is 11.6 Å². The Morgan fingerprint density at radius 3 is 2.56 bits per heavy atom. The summed E-state index contributed by atoms with van der Waals surface area (Å²) in [5.74, 6) is 1.14. The van der Waals surface area contributed by atoms with Crippen LogP contribution in [0.5, 0.6) is 5.75 Å². The Morgan fingerprint density at radius 2 is 1.88 bits per heavy atom. The molecule has 3 rings (SSSR count). The lowest BCUT2D eigenvalue weighted by molar-refractivity contribution is 0.0932. The first-order valence-corrected chi connectivity index (χ1v) is 8.06. The van der Waals surface area contributed by atoms with Crippen LogP contribution in [0.1, 0.15) is 24.5 Å². The van der Waals surface area contributed by atoms with Crippen LogP contribution >= 0.6 is 0 Å². The van der Waals surface area contributed by atoms with Crippen molar-refractivity contribution in [3.8, 4) is 22.8 Å². The molecule has 0 saturated heterocycles. The number of para-hydroxylation sites is 1. The van der Waals surface area contributed by atoms with Gasteiger partial charge >= 0.3 is 0 Å². The fraction of sp³-hybridized carbons (Fsp3) is 0.211. The van der Waals surface area contributed by atoms with Gasteiger partial charge in [-0.1, -0.05) is 30.3 Å². The van der Waals surface area contributed by atoms with E-state index in [2.05, 4.69) is 15.4 Å². The quantitative estimate of drug-likeness (QED) is 0.777. The Labute approximate surface area is 146 Å². The lowest BCUT2D eigenvalue weighted by Crippen LogP contribution is -2.31. The van der Waals surface area contributed by atoms with Crippen LogP contribution in [-0.2, 0) is 0 Å². The van der Waals surface area contributed by atoms with Gasteiger partial charge in [-0.25, -0.2) is 9.67 Å². The first kappa shape index (κ1) is 16.7. The van der Waals surface area contributed by atoms with Gasteiger partial charge in [-0.2, -0.15) is 0 Å². The summed E-state index contributed by atoms with van der Waals surface area (Å²) in [7, 11) is 1.61.